The molecule has 0 radical (unpaired) electrons. The molecule has 122 valence electrons. The Hall–Kier alpha value is -2.47. The van der Waals surface area contributed by atoms with Crippen molar-refractivity contribution in [2.45, 2.75) is 6.54 Å². The van der Waals surface area contributed by atoms with Crippen molar-refractivity contribution in [1.82, 2.24) is 4.90 Å². The summed E-state index contributed by atoms with van der Waals surface area (Å²) in [7, 11) is 1.81. The second-order valence-electron chi connectivity index (χ2n) is 5.13. The molecular formula is C17H17F2NO3. The van der Waals surface area contributed by atoms with Gasteiger partial charge in [-0.2, -0.15) is 0 Å². The minimum atomic E-state index is -1.19. The van der Waals surface area contributed by atoms with E-state index in [-0.39, 0.29) is 23.7 Å². The van der Waals surface area contributed by atoms with E-state index in [4.69, 9.17) is 9.84 Å². The largest absolute Gasteiger partial charge is 0.489 e. The molecule has 23 heavy (non-hydrogen) atoms. The summed E-state index contributed by atoms with van der Waals surface area (Å²) < 4.78 is 32.5. The topological polar surface area (TPSA) is 49.8 Å². The van der Waals surface area contributed by atoms with Gasteiger partial charge in [0.2, 0.25) is 0 Å². The molecule has 0 saturated carbocycles. The van der Waals surface area contributed by atoms with Crippen LogP contribution in [-0.4, -0.2) is 36.2 Å². The van der Waals surface area contributed by atoms with Gasteiger partial charge in [0, 0.05) is 18.7 Å². The van der Waals surface area contributed by atoms with Crippen molar-refractivity contribution in [2.75, 3.05) is 20.2 Å². The summed E-state index contributed by atoms with van der Waals surface area (Å²) in [4.78, 5) is 12.6. The summed E-state index contributed by atoms with van der Waals surface area (Å²) in [5.41, 5.74) is 0.443. The maximum atomic E-state index is 13.7. The van der Waals surface area contributed by atoms with Crippen LogP contribution >= 0.6 is 0 Å². The number of carbonyl (C=O) groups is 1. The molecule has 0 aliphatic rings. The first-order valence-corrected chi connectivity index (χ1v) is 7.05. The summed E-state index contributed by atoms with van der Waals surface area (Å²) in [6.07, 6.45) is 0. The lowest BCUT2D eigenvalue weighted by molar-refractivity contribution is 0.0696. The van der Waals surface area contributed by atoms with Gasteiger partial charge in [0.25, 0.3) is 0 Å². The molecule has 0 saturated heterocycles. The van der Waals surface area contributed by atoms with Gasteiger partial charge in [-0.3, -0.25) is 4.90 Å². The molecule has 0 spiro atoms. The van der Waals surface area contributed by atoms with E-state index < -0.39 is 11.8 Å². The lowest BCUT2D eigenvalue weighted by Crippen LogP contribution is -2.24. The van der Waals surface area contributed by atoms with Crippen LogP contribution in [-0.2, 0) is 6.54 Å². The average Bonchev–Trinajstić information content (AvgIpc) is 2.51. The third-order valence-electron chi connectivity index (χ3n) is 3.31. The highest BCUT2D eigenvalue weighted by atomic mass is 19.1. The van der Waals surface area contributed by atoms with E-state index in [1.54, 1.807) is 25.2 Å². The Morgan fingerprint density at radius 2 is 1.91 bits per heavy atom. The number of likely N-dealkylation sites (N-methyl/N-ethyl adjacent to an activating group) is 1. The third-order valence-corrected chi connectivity index (χ3v) is 3.31. The molecule has 0 atom stereocenters. The minimum Gasteiger partial charge on any atom is -0.489 e. The first-order chi connectivity index (χ1) is 11.0. The highest BCUT2D eigenvalue weighted by Gasteiger charge is 2.10. The van der Waals surface area contributed by atoms with Crippen LogP contribution in [0.25, 0.3) is 0 Å². The zero-order valence-corrected chi connectivity index (χ0v) is 12.6. The summed E-state index contributed by atoms with van der Waals surface area (Å²) >= 11 is 0. The van der Waals surface area contributed by atoms with E-state index in [1.165, 1.54) is 18.2 Å². The fourth-order valence-electron chi connectivity index (χ4n) is 2.06. The molecule has 1 N–H and O–H groups in total. The van der Waals surface area contributed by atoms with Crippen LogP contribution in [0.5, 0.6) is 5.75 Å². The van der Waals surface area contributed by atoms with Crippen molar-refractivity contribution in [3.05, 3.63) is 65.2 Å². The fraction of sp³-hybridized carbons (Fsp3) is 0.235. The number of hydrogen-bond acceptors (Lipinski definition) is 3. The van der Waals surface area contributed by atoms with Crippen LogP contribution in [0.15, 0.2) is 42.5 Å². The van der Waals surface area contributed by atoms with Crippen LogP contribution < -0.4 is 4.74 Å². The predicted molar refractivity (Wildman–Crippen MR) is 81.6 cm³/mol. The second kappa shape index (κ2) is 7.69. The molecule has 0 heterocycles. The highest BCUT2D eigenvalue weighted by Crippen LogP contribution is 2.18. The average molecular weight is 321 g/mol. The standard InChI is InChI=1S/C17H17F2NO3/c1-20(11-13-4-2-3-5-14(13)18)8-9-23-16-7-6-12(17(21)22)10-15(16)19/h2-7,10H,8-9,11H2,1H3,(H,21,22). The summed E-state index contributed by atoms with van der Waals surface area (Å²) in [6.45, 7) is 1.08. The van der Waals surface area contributed by atoms with Crippen LogP contribution in [0.4, 0.5) is 8.78 Å². The zero-order chi connectivity index (χ0) is 16.8. The van der Waals surface area contributed by atoms with Crippen LogP contribution in [0.1, 0.15) is 15.9 Å². The maximum absolute atomic E-state index is 13.7. The van der Waals surface area contributed by atoms with E-state index in [2.05, 4.69) is 0 Å². The Morgan fingerprint density at radius 1 is 1.17 bits per heavy atom. The predicted octanol–water partition coefficient (Wildman–Crippen LogP) is 3.17. The van der Waals surface area contributed by atoms with E-state index in [0.29, 0.717) is 18.7 Å². The zero-order valence-electron chi connectivity index (χ0n) is 12.6. The Labute approximate surface area is 132 Å². The molecule has 0 aromatic heterocycles. The third kappa shape index (κ3) is 4.75. The number of halogens is 2. The van der Waals surface area contributed by atoms with Crippen molar-refractivity contribution in [2.24, 2.45) is 0 Å². The van der Waals surface area contributed by atoms with Gasteiger partial charge < -0.3 is 9.84 Å². The van der Waals surface area contributed by atoms with E-state index in [0.717, 1.165) is 6.07 Å². The molecule has 0 fully saturated rings. The number of benzene rings is 2. The van der Waals surface area contributed by atoms with Gasteiger partial charge >= 0.3 is 5.97 Å². The molecule has 0 bridgehead atoms. The molecule has 2 rings (SSSR count). The quantitative estimate of drug-likeness (QED) is 0.851. The minimum absolute atomic E-state index is 0.00529. The van der Waals surface area contributed by atoms with E-state index >= 15 is 0 Å². The first kappa shape index (κ1) is 16.9. The maximum Gasteiger partial charge on any atom is 0.335 e. The number of aromatic carboxylic acids is 1. The number of hydrogen-bond donors (Lipinski definition) is 1. The number of carboxylic acid groups (broad SMARTS) is 1. The number of ether oxygens (including phenoxy) is 1. The summed E-state index contributed by atoms with van der Waals surface area (Å²) in [5.74, 6) is -2.19. The number of nitrogens with zero attached hydrogens (tertiary/aromatic N) is 1. The highest BCUT2D eigenvalue weighted by molar-refractivity contribution is 5.87. The molecule has 2 aromatic carbocycles. The normalized spacial score (nSPS) is 10.8. The Kier molecular flexibility index (Phi) is 5.65. The van der Waals surface area contributed by atoms with Crippen LogP contribution in [0.2, 0.25) is 0 Å². The van der Waals surface area contributed by atoms with E-state index in [9.17, 15) is 13.6 Å². The second-order valence-corrected chi connectivity index (χ2v) is 5.13. The fourth-order valence-corrected chi connectivity index (χ4v) is 2.06. The molecular weight excluding hydrogens is 304 g/mol. The Bertz CT molecular complexity index is 691. The molecule has 0 unspecified atom stereocenters. The summed E-state index contributed by atoms with van der Waals surface area (Å²) in [6, 6.07) is 9.99. The summed E-state index contributed by atoms with van der Waals surface area (Å²) in [5, 5.41) is 8.77. The van der Waals surface area contributed by atoms with Crippen molar-refractivity contribution >= 4 is 5.97 Å². The lowest BCUT2D eigenvalue weighted by Gasteiger charge is -2.17. The lowest BCUT2D eigenvalue weighted by atomic mass is 10.2. The van der Waals surface area contributed by atoms with E-state index in [1.807, 2.05) is 4.90 Å². The Balaban J connectivity index is 1.85. The van der Waals surface area contributed by atoms with Crippen molar-refractivity contribution < 1.29 is 23.4 Å². The smallest absolute Gasteiger partial charge is 0.335 e. The van der Waals surface area contributed by atoms with Crippen LogP contribution in [0.3, 0.4) is 0 Å². The molecule has 0 amide bonds. The van der Waals surface area contributed by atoms with Gasteiger partial charge in [-0.15, -0.1) is 0 Å². The Morgan fingerprint density at radius 3 is 2.57 bits per heavy atom. The monoisotopic (exact) mass is 321 g/mol. The molecule has 6 heteroatoms. The van der Waals surface area contributed by atoms with Gasteiger partial charge in [-0.25, -0.2) is 13.6 Å². The van der Waals surface area contributed by atoms with Gasteiger partial charge in [0.05, 0.1) is 5.56 Å². The molecule has 0 aliphatic carbocycles. The van der Waals surface area contributed by atoms with Crippen LogP contribution in [0, 0.1) is 11.6 Å². The van der Waals surface area contributed by atoms with Gasteiger partial charge in [-0.05, 0) is 31.3 Å². The number of rotatable bonds is 7. The molecule has 0 aliphatic heterocycles. The number of carboxylic acids is 1. The SMILES string of the molecule is CN(CCOc1ccc(C(=O)O)cc1F)Cc1ccccc1F. The van der Waals surface area contributed by atoms with Gasteiger partial charge in [0.15, 0.2) is 11.6 Å². The van der Waals surface area contributed by atoms with Gasteiger partial charge in [-0.1, -0.05) is 18.2 Å². The molecule has 4 nitrogen and oxygen atoms in total. The first-order valence-electron chi connectivity index (χ1n) is 7.05. The van der Waals surface area contributed by atoms with Crippen molar-refractivity contribution in [3.63, 3.8) is 0 Å². The van der Waals surface area contributed by atoms with Crippen molar-refractivity contribution in [1.29, 1.82) is 0 Å². The molecule has 2 aromatic rings. The van der Waals surface area contributed by atoms with Gasteiger partial charge in [0.1, 0.15) is 12.4 Å². The van der Waals surface area contributed by atoms with Crippen molar-refractivity contribution in [3.8, 4) is 5.75 Å².